The molecule has 6 rings (SSSR count). The number of unbranched alkanes of at least 4 members (excludes halogenated alkanes) is 6. The minimum absolute atomic E-state index is 0.0171. The zero-order chi connectivity index (χ0) is 49.5. The minimum atomic E-state index is -0.994. The van der Waals surface area contributed by atoms with E-state index in [0.717, 1.165) is 71.5 Å². The number of aromatic nitrogens is 1. The van der Waals surface area contributed by atoms with Crippen molar-refractivity contribution in [2.45, 2.75) is 142 Å². The van der Waals surface area contributed by atoms with Crippen LogP contribution in [0.25, 0.3) is 10.4 Å². The molecule has 4 unspecified atom stereocenters. The third-order valence-corrected chi connectivity index (χ3v) is 13.7. The summed E-state index contributed by atoms with van der Waals surface area (Å²) < 4.78 is 11.6. The Bertz CT molecular complexity index is 2280. The standard InChI is InChI=1S/C51H69N7O10S/c1-33-44(69-32-54-33)35-20-18-34(19-21-35)30-53-46(62)40-29-36(59)31-57(40)50(66)45(51(2,3)4)55-41(60)17-8-13-28-68-27-12-7-11-26-67-25-10-6-5-9-24-52-38-16-14-15-37-43(38)49(65)58(48(37)64)39-22-23-42(61)56-47(39)63/h14-16,18-21,32,36,39-40,45,52,59H,5-13,17,22-31H2,1-4H3,(H,53,62)(H,55,60)(H,56,61,63). The van der Waals surface area contributed by atoms with Gasteiger partial charge in [0.25, 0.3) is 11.8 Å². The van der Waals surface area contributed by atoms with Crippen LogP contribution in [0.5, 0.6) is 0 Å². The Balaban J connectivity index is 0.770. The largest absolute Gasteiger partial charge is 0.391 e. The number of thiazole rings is 1. The number of carbonyl (C=O) groups is 7. The quantitative estimate of drug-likeness (QED) is 0.0485. The summed E-state index contributed by atoms with van der Waals surface area (Å²) >= 11 is 1.58. The number of β-amino-alcohol motifs (C(OH)–C–C–N with tert-alkyl or cyclic N) is 1. The highest BCUT2D eigenvalue weighted by molar-refractivity contribution is 7.13. The van der Waals surface area contributed by atoms with Crippen LogP contribution in [0.15, 0.2) is 48.0 Å². The predicted octanol–water partition coefficient (Wildman–Crippen LogP) is 5.67. The third kappa shape index (κ3) is 14.5. The number of likely N-dealkylation sites (tertiary alicyclic amines) is 1. The van der Waals surface area contributed by atoms with Crippen LogP contribution in [-0.2, 0) is 40.0 Å². The molecule has 0 saturated carbocycles. The van der Waals surface area contributed by atoms with Crippen LogP contribution in [0, 0.1) is 12.3 Å². The molecule has 7 amide bonds. The number of nitrogens with zero attached hydrogens (tertiary/aromatic N) is 3. The van der Waals surface area contributed by atoms with Crippen LogP contribution >= 0.6 is 11.3 Å². The second kappa shape index (κ2) is 25.3. The van der Waals surface area contributed by atoms with E-state index < -0.39 is 53.3 Å². The summed E-state index contributed by atoms with van der Waals surface area (Å²) in [6, 6.07) is 10.2. The number of rotatable bonds is 26. The van der Waals surface area contributed by atoms with Crippen LogP contribution in [0.1, 0.15) is 136 Å². The molecule has 3 aromatic rings. The molecule has 2 aromatic carbocycles. The Morgan fingerprint density at radius 1 is 0.884 bits per heavy atom. The number of aliphatic hydroxyl groups excluding tert-OH is 1. The van der Waals surface area contributed by atoms with Gasteiger partial charge in [-0.05, 0) is 87.0 Å². The van der Waals surface area contributed by atoms with Crippen molar-refractivity contribution >= 4 is 58.4 Å². The Morgan fingerprint density at radius 2 is 1.55 bits per heavy atom. The number of ether oxygens (including phenoxy) is 2. The summed E-state index contributed by atoms with van der Waals surface area (Å²) in [5.74, 6) is -3.05. The van der Waals surface area contributed by atoms with Gasteiger partial charge < -0.3 is 35.4 Å². The van der Waals surface area contributed by atoms with Crippen LogP contribution in [0.3, 0.4) is 0 Å². The number of hydrogen-bond donors (Lipinski definition) is 5. The first-order valence-corrected chi connectivity index (χ1v) is 25.3. The van der Waals surface area contributed by atoms with Gasteiger partial charge >= 0.3 is 0 Å². The van der Waals surface area contributed by atoms with Gasteiger partial charge in [-0.25, -0.2) is 4.98 Å². The molecule has 1 aromatic heterocycles. The fourth-order valence-electron chi connectivity index (χ4n) is 8.86. The normalized spacial score (nSPS) is 18.6. The second-order valence-corrected chi connectivity index (χ2v) is 20.1. The Morgan fingerprint density at radius 3 is 2.20 bits per heavy atom. The summed E-state index contributed by atoms with van der Waals surface area (Å²) in [4.78, 5) is 98.6. The zero-order valence-electron chi connectivity index (χ0n) is 40.4. The van der Waals surface area contributed by atoms with Gasteiger partial charge in [0, 0.05) is 71.0 Å². The molecular formula is C51H69N7O10S. The van der Waals surface area contributed by atoms with Gasteiger partial charge in [0.15, 0.2) is 0 Å². The van der Waals surface area contributed by atoms with Crippen molar-refractivity contribution in [3.63, 3.8) is 0 Å². The number of aryl methyl sites for hydroxylation is 1. The molecule has 17 nitrogen and oxygen atoms in total. The molecule has 0 spiro atoms. The predicted molar refractivity (Wildman–Crippen MR) is 261 cm³/mol. The third-order valence-electron chi connectivity index (χ3n) is 12.7. The van der Waals surface area contributed by atoms with Gasteiger partial charge in [0.05, 0.1) is 33.3 Å². The van der Waals surface area contributed by atoms with Crippen LogP contribution in [0.2, 0.25) is 0 Å². The lowest BCUT2D eigenvalue weighted by atomic mass is 9.85. The summed E-state index contributed by atoms with van der Waals surface area (Å²) in [5, 5.41) is 21.9. The molecule has 0 aliphatic carbocycles. The number of carbonyl (C=O) groups excluding carboxylic acids is 7. The van der Waals surface area contributed by atoms with E-state index in [1.54, 1.807) is 29.5 Å². The van der Waals surface area contributed by atoms with Crippen molar-refractivity contribution in [3.8, 4) is 10.4 Å². The van der Waals surface area contributed by atoms with Crippen molar-refractivity contribution in [1.82, 2.24) is 30.7 Å². The Labute approximate surface area is 408 Å². The van der Waals surface area contributed by atoms with Gasteiger partial charge in [0.2, 0.25) is 29.5 Å². The highest BCUT2D eigenvalue weighted by Gasteiger charge is 2.46. The van der Waals surface area contributed by atoms with Gasteiger partial charge in [-0.1, -0.05) is 63.9 Å². The number of fused-ring (bicyclic) bond motifs is 1. The molecule has 4 heterocycles. The topological polar surface area (TPSA) is 226 Å². The van der Waals surface area contributed by atoms with Gasteiger partial charge in [-0.3, -0.25) is 43.8 Å². The van der Waals surface area contributed by atoms with Gasteiger partial charge in [-0.15, -0.1) is 11.3 Å². The first-order valence-electron chi connectivity index (χ1n) is 24.4. The number of nitrogens with one attached hydrogen (secondary N) is 4. The zero-order valence-corrected chi connectivity index (χ0v) is 41.3. The first kappa shape index (κ1) is 52.8. The molecule has 0 radical (unpaired) electrons. The highest BCUT2D eigenvalue weighted by Crippen LogP contribution is 2.33. The molecule has 18 heteroatoms. The van der Waals surface area contributed by atoms with Gasteiger partial charge in [-0.2, -0.15) is 0 Å². The maximum atomic E-state index is 14.0. The maximum absolute atomic E-state index is 14.0. The Hall–Kier alpha value is -5.56. The molecule has 4 atom stereocenters. The van der Waals surface area contributed by atoms with Crippen LogP contribution in [0.4, 0.5) is 5.69 Å². The van der Waals surface area contributed by atoms with E-state index in [9.17, 15) is 38.7 Å². The number of imide groups is 2. The maximum Gasteiger partial charge on any atom is 0.264 e. The second-order valence-electron chi connectivity index (χ2n) is 19.2. The molecule has 374 valence electrons. The van der Waals surface area contributed by atoms with Crippen molar-refractivity contribution < 1.29 is 48.1 Å². The molecule has 5 N–H and O–H groups in total. The molecule has 3 aliphatic heterocycles. The molecule has 3 aliphatic rings. The van der Waals surface area contributed by atoms with E-state index in [0.29, 0.717) is 51.5 Å². The van der Waals surface area contributed by atoms with Crippen molar-refractivity contribution in [3.05, 3.63) is 70.4 Å². The lowest BCUT2D eigenvalue weighted by Gasteiger charge is -2.35. The number of piperidine rings is 1. The van der Waals surface area contributed by atoms with E-state index in [1.165, 1.54) is 4.90 Å². The van der Waals surface area contributed by atoms with Gasteiger partial charge in [0.1, 0.15) is 18.1 Å². The Kier molecular flexibility index (Phi) is 19.4. The van der Waals surface area contributed by atoms with E-state index >= 15 is 0 Å². The summed E-state index contributed by atoms with van der Waals surface area (Å²) in [6.07, 6.45) is 7.63. The van der Waals surface area contributed by atoms with Crippen LogP contribution < -0.4 is 21.3 Å². The monoisotopic (exact) mass is 971 g/mol. The number of benzene rings is 2. The number of amides is 7. The number of aliphatic hydroxyl groups is 1. The average molecular weight is 972 g/mol. The molecule has 2 fully saturated rings. The number of hydrogen-bond acceptors (Lipinski definition) is 13. The van der Waals surface area contributed by atoms with E-state index in [2.05, 4.69) is 26.3 Å². The summed E-state index contributed by atoms with van der Waals surface area (Å²) in [6.45, 7) is 11.0. The van der Waals surface area contributed by atoms with E-state index in [-0.39, 0.29) is 67.6 Å². The number of anilines is 1. The molecule has 69 heavy (non-hydrogen) atoms. The molecule has 0 bridgehead atoms. The lowest BCUT2D eigenvalue weighted by Crippen LogP contribution is -2.57. The first-order chi connectivity index (χ1) is 33.1. The fraction of sp³-hybridized carbons (Fsp3) is 0.569. The summed E-state index contributed by atoms with van der Waals surface area (Å²) in [5.41, 5.74) is 5.20. The summed E-state index contributed by atoms with van der Waals surface area (Å²) in [7, 11) is 0. The molecular weight excluding hydrogens is 903 g/mol. The lowest BCUT2D eigenvalue weighted by molar-refractivity contribution is -0.144. The van der Waals surface area contributed by atoms with Crippen LogP contribution in [-0.4, -0.2) is 125 Å². The van der Waals surface area contributed by atoms with Crippen molar-refractivity contribution in [1.29, 1.82) is 0 Å². The average Bonchev–Trinajstić information content (AvgIpc) is 4.01. The smallest absolute Gasteiger partial charge is 0.264 e. The minimum Gasteiger partial charge on any atom is -0.391 e. The van der Waals surface area contributed by atoms with E-state index in [4.69, 9.17) is 9.47 Å². The van der Waals surface area contributed by atoms with Crippen molar-refractivity contribution in [2.75, 3.05) is 44.8 Å². The molecule has 2 saturated heterocycles. The van der Waals surface area contributed by atoms with Crippen molar-refractivity contribution in [2.24, 2.45) is 5.41 Å². The highest BCUT2D eigenvalue weighted by atomic mass is 32.1. The SMILES string of the molecule is Cc1ncsc1-c1ccc(CNC(=O)C2CC(O)CN2C(=O)C(NC(=O)CCCCOCCCCCOCCCCCCNc2cccc3c2C(=O)N(C2CCC(=O)NC2=O)C3=O)C(C)(C)C)cc1. The fourth-order valence-corrected chi connectivity index (χ4v) is 9.67. The van der Waals surface area contributed by atoms with E-state index in [1.807, 2.05) is 57.5 Å².